The third-order valence-corrected chi connectivity index (χ3v) is 8.72. The average Bonchev–Trinajstić information content (AvgIpc) is 3.22. The fraction of sp³-hybridized carbons (Fsp3) is 0.0789. The maximum atomic E-state index is 4.94. The Labute approximate surface area is 228 Å². The summed E-state index contributed by atoms with van der Waals surface area (Å²) >= 11 is 0. The van der Waals surface area contributed by atoms with Gasteiger partial charge in [-0.05, 0) is 71.8 Å². The number of nitrogens with zero attached hydrogens (tertiary/aromatic N) is 1. The van der Waals surface area contributed by atoms with E-state index in [2.05, 4.69) is 135 Å². The SMILES string of the molecule is CC1(C)c2cccnc2-c2c(-c3c4ccccc4c(-c4cccc5ccccc45)c4ccccc34)cccc21. The van der Waals surface area contributed by atoms with Crippen molar-refractivity contribution in [2.75, 3.05) is 0 Å². The first-order valence-corrected chi connectivity index (χ1v) is 13.7. The van der Waals surface area contributed by atoms with E-state index in [4.69, 9.17) is 4.98 Å². The van der Waals surface area contributed by atoms with Crippen molar-refractivity contribution in [2.24, 2.45) is 0 Å². The Kier molecular flexibility index (Phi) is 4.63. The molecule has 39 heavy (non-hydrogen) atoms. The second kappa shape index (κ2) is 8.12. The minimum atomic E-state index is -0.0938. The molecule has 0 spiro atoms. The third kappa shape index (κ3) is 3.05. The predicted octanol–water partition coefficient (Wildman–Crippen LogP) is 10.2. The van der Waals surface area contributed by atoms with Gasteiger partial charge in [-0.15, -0.1) is 0 Å². The lowest BCUT2D eigenvalue weighted by Crippen LogP contribution is -2.14. The Balaban J connectivity index is 1.55. The van der Waals surface area contributed by atoms with Crippen LogP contribution >= 0.6 is 0 Å². The summed E-state index contributed by atoms with van der Waals surface area (Å²) in [5.74, 6) is 0. The largest absolute Gasteiger partial charge is 0.256 e. The molecule has 0 amide bonds. The molecular formula is C38H27N. The zero-order valence-electron chi connectivity index (χ0n) is 22.1. The van der Waals surface area contributed by atoms with Crippen LogP contribution in [0.1, 0.15) is 25.0 Å². The summed E-state index contributed by atoms with van der Waals surface area (Å²) in [6.45, 7) is 4.64. The number of fused-ring (bicyclic) bond motifs is 6. The maximum Gasteiger partial charge on any atom is 0.0752 e. The molecular weight excluding hydrogens is 470 g/mol. The van der Waals surface area contributed by atoms with Crippen LogP contribution < -0.4 is 0 Å². The van der Waals surface area contributed by atoms with Gasteiger partial charge in [-0.1, -0.05) is 129 Å². The molecule has 1 nitrogen and oxygen atoms in total. The van der Waals surface area contributed by atoms with E-state index in [0.717, 1.165) is 5.69 Å². The smallest absolute Gasteiger partial charge is 0.0752 e. The number of hydrogen-bond acceptors (Lipinski definition) is 1. The second-order valence-electron chi connectivity index (χ2n) is 11.1. The highest BCUT2D eigenvalue weighted by atomic mass is 14.7. The Morgan fingerprint density at radius 1 is 0.436 bits per heavy atom. The first-order chi connectivity index (χ1) is 19.1. The molecule has 1 aliphatic rings. The molecule has 1 heterocycles. The summed E-state index contributed by atoms with van der Waals surface area (Å²) in [5, 5.41) is 7.64. The van der Waals surface area contributed by atoms with Crippen molar-refractivity contribution in [3.05, 3.63) is 139 Å². The van der Waals surface area contributed by atoms with Crippen LogP contribution in [0.2, 0.25) is 0 Å². The van der Waals surface area contributed by atoms with Gasteiger partial charge >= 0.3 is 0 Å². The highest BCUT2D eigenvalue weighted by molar-refractivity contribution is 6.24. The van der Waals surface area contributed by atoms with Gasteiger partial charge in [-0.25, -0.2) is 0 Å². The quantitative estimate of drug-likeness (QED) is 0.217. The van der Waals surface area contributed by atoms with Crippen LogP contribution in [0.25, 0.3) is 65.8 Å². The molecule has 1 heteroatoms. The standard InChI is InChI=1S/C38H27N/c1-38(2)32-21-10-20-31(36(32)37-33(38)22-11-23-39-37)35-29-17-7-5-15-27(29)34(28-16-6-8-18-30(28)35)26-19-9-13-24-12-3-4-14-25(24)26/h3-23H,1-2H3. The first kappa shape index (κ1) is 22.3. The summed E-state index contributed by atoms with van der Waals surface area (Å²) in [6.07, 6.45) is 1.93. The maximum absolute atomic E-state index is 4.94. The Morgan fingerprint density at radius 2 is 0.949 bits per heavy atom. The topological polar surface area (TPSA) is 12.9 Å². The summed E-state index contributed by atoms with van der Waals surface area (Å²) < 4.78 is 0. The van der Waals surface area contributed by atoms with Crippen molar-refractivity contribution in [1.82, 2.24) is 4.98 Å². The van der Waals surface area contributed by atoms with Gasteiger partial charge < -0.3 is 0 Å². The monoisotopic (exact) mass is 497 g/mol. The molecule has 0 N–H and O–H groups in total. The van der Waals surface area contributed by atoms with E-state index in [1.807, 2.05) is 6.20 Å². The van der Waals surface area contributed by atoms with Crippen LogP contribution in [0.4, 0.5) is 0 Å². The van der Waals surface area contributed by atoms with Crippen molar-refractivity contribution in [2.45, 2.75) is 19.3 Å². The molecule has 0 unspecified atom stereocenters. The van der Waals surface area contributed by atoms with Gasteiger partial charge in [0.25, 0.3) is 0 Å². The summed E-state index contributed by atoms with van der Waals surface area (Å²) in [5.41, 5.74) is 10.1. The number of benzene rings is 6. The highest BCUT2D eigenvalue weighted by Crippen LogP contribution is 2.53. The van der Waals surface area contributed by atoms with Gasteiger partial charge in [0.15, 0.2) is 0 Å². The van der Waals surface area contributed by atoms with Gasteiger partial charge in [-0.2, -0.15) is 0 Å². The van der Waals surface area contributed by atoms with Crippen molar-refractivity contribution in [3.8, 4) is 33.5 Å². The van der Waals surface area contributed by atoms with Gasteiger partial charge in [0.1, 0.15) is 0 Å². The van der Waals surface area contributed by atoms with Crippen LogP contribution in [0.5, 0.6) is 0 Å². The van der Waals surface area contributed by atoms with Gasteiger partial charge in [0.05, 0.1) is 5.69 Å². The van der Waals surface area contributed by atoms with E-state index < -0.39 is 0 Å². The van der Waals surface area contributed by atoms with Crippen LogP contribution in [0.3, 0.4) is 0 Å². The van der Waals surface area contributed by atoms with E-state index in [-0.39, 0.29) is 5.41 Å². The van der Waals surface area contributed by atoms with E-state index >= 15 is 0 Å². The molecule has 6 aromatic carbocycles. The predicted molar refractivity (Wildman–Crippen MR) is 165 cm³/mol. The summed E-state index contributed by atoms with van der Waals surface area (Å²) in [6, 6.07) is 44.4. The van der Waals surface area contributed by atoms with Crippen LogP contribution in [0, 0.1) is 0 Å². The lowest BCUT2D eigenvalue weighted by atomic mass is 9.80. The van der Waals surface area contributed by atoms with E-state index in [0.29, 0.717) is 0 Å². The number of pyridine rings is 1. The fourth-order valence-electron chi connectivity index (χ4n) is 6.94. The molecule has 1 aromatic heterocycles. The summed E-state index contributed by atoms with van der Waals surface area (Å²) in [4.78, 5) is 4.94. The first-order valence-electron chi connectivity index (χ1n) is 13.7. The zero-order valence-corrected chi connectivity index (χ0v) is 22.1. The molecule has 184 valence electrons. The lowest BCUT2D eigenvalue weighted by Gasteiger charge is -2.22. The van der Waals surface area contributed by atoms with Gasteiger partial charge in [0, 0.05) is 17.2 Å². The van der Waals surface area contributed by atoms with Crippen LogP contribution in [-0.4, -0.2) is 4.98 Å². The van der Waals surface area contributed by atoms with Crippen molar-refractivity contribution < 1.29 is 0 Å². The molecule has 0 atom stereocenters. The second-order valence-corrected chi connectivity index (χ2v) is 11.1. The van der Waals surface area contributed by atoms with Crippen molar-refractivity contribution in [1.29, 1.82) is 0 Å². The molecule has 0 saturated carbocycles. The van der Waals surface area contributed by atoms with E-state index in [1.54, 1.807) is 0 Å². The molecule has 0 saturated heterocycles. The van der Waals surface area contributed by atoms with Crippen molar-refractivity contribution >= 4 is 32.3 Å². The number of aromatic nitrogens is 1. The lowest BCUT2D eigenvalue weighted by molar-refractivity contribution is 0.659. The van der Waals surface area contributed by atoms with Crippen LogP contribution in [-0.2, 0) is 5.41 Å². The Bertz CT molecular complexity index is 2040. The molecule has 0 bridgehead atoms. The van der Waals surface area contributed by atoms with Crippen molar-refractivity contribution in [3.63, 3.8) is 0 Å². The Hall–Kier alpha value is -4.75. The normalized spacial score (nSPS) is 13.6. The van der Waals surface area contributed by atoms with E-state index in [1.165, 1.54) is 71.3 Å². The Morgan fingerprint density at radius 3 is 1.64 bits per heavy atom. The highest BCUT2D eigenvalue weighted by Gasteiger charge is 2.38. The molecule has 0 aliphatic heterocycles. The average molecular weight is 498 g/mol. The van der Waals surface area contributed by atoms with E-state index in [9.17, 15) is 0 Å². The van der Waals surface area contributed by atoms with Crippen LogP contribution in [0.15, 0.2) is 128 Å². The summed E-state index contributed by atoms with van der Waals surface area (Å²) in [7, 11) is 0. The van der Waals surface area contributed by atoms with Gasteiger partial charge in [0.2, 0.25) is 0 Å². The molecule has 7 aromatic rings. The third-order valence-electron chi connectivity index (χ3n) is 8.72. The molecule has 1 aliphatic carbocycles. The fourth-order valence-corrected chi connectivity index (χ4v) is 6.94. The minimum Gasteiger partial charge on any atom is -0.256 e. The molecule has 8 rings (SSSR count). The molecule has 0 fully saturated rings. The number of rotatable bonds is 2. The van der Waals surface area contributed by atoms with Gasteiger partial charge in [-0.3, -0.25) is 4.98 Å². The minimum absolute atomic E-state index is 0.0938. The molecule has 0 radical (unpaired) electrons. The number of hydrogen-bond donors (Lipinski definition) is 0. The zero-order chi connectivity index (χ0) is 26.1.